The number of rotatable bonds is 3. The Bertz CT molecular complexity index is 902. The van der Waals surface area contributed by atoms with Crippen molar-refractivity contribution in [1.82, 2.24) is 0 Å². The molecule has 0 aromatic heterocycles. The third kappa shape index (κ3) is 2.83. The molecule has 2 saturated carbocycles. The lowest BCUT2D eigenvalue weighted by atomic mass is 9.51. The topological polar surface area (TPSA) is 78.9 Å². The van der Waals surface area contributed by atoms with Gasteiger partial charge in [-0.15, -0.1) is 0 Å². The lowest BCUT2D eigenvalue weighted by Crippen LogP contribution is -2.50. The van der Waals surface area contributed by atoms with E-state index in [0.29, 0.717) is 36.9 Å². The third-order valence-corrected chi connectivity index (χ3v) is 9.26. The smallest absolute Gasteiger partial charge is 0.356 e. The highest BCUT2D eigenvalue weighted by molar-refractivity contribution is 5.96. The van der Waals surface area contributed by atoms with E-state index in [9.17, 15) is 14.4 Å². The van der Waals surface area contributed by atoms with E-state index >= 15 is 0 Å². The average Bonchev–Trinajstić information content (AvgIpc) is 3.23. The SMILES string of the molecule is CCOOC(=O)C1C[C@@]2(CCC3C4CC=C5CC(=O)CCC5(C)C4=CCC32C)OC1=O. The second kappa shape index (κ2) is 7.03. The summed E-state index contributed by atoms with van der Waals surface area (Å²) in [6, 6.07) is 0. The van der Waals surface area contributed by atoms with Gasteiger partial charge in [0.05, 0.1) is 6.61 Å². The highest BCUT2D eigenvalue weighted by atomic mass is 17.2. The van der Waals surface area contributed by atoms with Crippen LogP contribution in [-0.2, 0) is 28.9 Å². The number of ketones is 1. The van der Waals surface area contributed by atoms with E-state index in [1.807, 2.05) is 0 Å². The highest BCUT2D eigenvalue weighted by Crippen LogP contribution is 2.68. The fraction of sp³-hybridized carbons (Fsp3) is 0.720. The molecule has 6 heteroatoms. The number of carbonyl (C=O) groups excluding carboxylic acids is 3. The zero-order chi connectivity index (χ0) is 22.0. The van der Waals surface area contributed by atoms with Gasteiger partial charge in [-0.25, -0.2) is 4.79 Å². The summed E-state index contributed by atoms with van der Waals surface area (Å²) in [5.74, 6) is -0.877. The summed E-state index contributed by atoms with van der Waals surface area (Å²) in [5.41, 5.74) is 1.95. The van der Waals surface area contributed by atoms with Crippen molar-refractivity contribution < 1.29 is 28.9 Å². The fourth-order valence-electron chi connectivity index (χ4n) is 7.45. The molecule has 0 aromatic carbocycles. The van der Waals surface area contributed by atoms with Crippen LogP contribution in [0.3, 0.4) is 0 Å². The molecular formula is C25H32O6. The lowest BCUT2D eigenvalue weighted by Gasteiger charge is -2.54. The zero-order valence-corrected chi connectivity index (χ0v) is 18.7. The first-order chi connectivity index (χ1) is 14.7. The maximum Gasteiger partial charge on any atom is 0.356 e. The molecule has 3 fully saturated rings. The zero-order valence-electron chi connectivity index (χ0n) is 18.7. The van der Waals surface area contributed by atoms with Crippen molar-refractivity contribution in [2.75, 3.05) is 6.61 Å². The van der Waals surface area contributed by atoms with Crippen molar-refractivity contribution >= 4 is 17.7 Å². The lowest BCUT2D eigenvalue weighted by molar-refractivity contribution is -0.272. The van der Waals surface area contributed by atoms with Gasteiger partial charge in [-0.05, 0) is 50.9 Å². The summed E-state index contributed by atoms with van der Waals surface area (Å²) in [6.07, 6.45) is 10.8. The summed E-state index contributed by atoms with van der Waals surface area (Å²) in [6.45, 7) is 6.52. The Hall–Kier alpha value is -1.95. The van der Waals surface area contributed by atoms with Crippen LogP contribution in [0.1, 0.15) is 72.1 Å². The number of allylic oxidation sites excluding steroid dienone is 4. The number of esters is 1. The van der Waals surface area contributed by atoms with Crippen molar-refractivity contribution in [3.05, 3.63) is 23.3 Å². The number of fused-ring (bicyclic) bond motifs is 6. The first kappa shape index (κ1) is 20.9. The Morgan fingerprint density at radius 1 is 1.23 bits per heavy atom. The van der Waals surface area contributed by atoms with Crippen LogP contribution in [0.2, 0.25) is 0 Å². The molecule has 1 heterocycles. The molecule has 1 saturated heterocycles. The molecule has 0 aromatic rings. The summed E-state index contributed by atoms with van der Waals surface area (Å²) in [7, 11) is 0. The molecule has 5 unspecified atom stereocenters. The van der Waals surface area contributed by atoms with Crippen LogP contribution in [0.15, 0.2) is 23.3 Å². The van der Waals surface area contributed by atoms with Gasteiger partial charge in [0.15, 0.2) is 5.92 Å². The molecule has 1 spiro atoms. The van der Waals surface area contributed by atoms with E-state index in [4.69, 9.17) is 14.5 Å². The Morgan fingerprint density at radius 2 is 2.03 bits per heavy atom. The van der Waals surface area contributed by atoms with Gasteiger partial charge < -0.3 is 4.74 Å². The minimum Gasteiger partial charge on any atom is -0.458 e. The Labute approximate surface area is 183 Å². The Morgan fingerprint density at radius 3 is 2.81 bits per heavy atom. The highest BCUT2D eigenvalue weighted by Gasteiger charge is 2.68. The molecular weight excluding hydrogens is 396 g/mol. The van der Waals surface area contributed by atoms with Crippen LogP contribution < -0.4 is 0 Å². The van der Waals surface area contributed by atoms with Gasteiger partial charge in [0.2, 0.25) is 0 Å². The van der Waals surface area contributed by atoms with Crippen molar-refractivity contribution in [2.24, 2.45) is 28.6 Å². The number of carbonyl (C=O) groups is 3. The number of hydrogen-bond acceptors (Lipinski definition) is 6. The van der Waals surface area contributed by atoms with Crippen LogP contribution in [-0.4, -0.2) is 29.9 Å². The summed E-state index contributed by atoms with van der Waals surface area (Å²) in [5, 5.41) is 0. The molecule has 31 heavy (non-hydrogen) atoms. The van der Waals surface area contributed by atoms with E-state index in [1.165, 1.54) is 11.1 Å². The molecule has 6 nitrogen and oxygen atoms in total. The van der Waals surface area contributed by atoms with Crippen molar-refractivity contribution in [1.29, 1.82) is 0 Å². The third-order valence-electron chi connectivity index (χ3n) is 9.26. The van der Waals surface area contributed by atoms with Crippen molar-refractivity contribution in [3.63, 3.8) is 0 Å². The number of ether oxygens (including phenoxy) is 1. The summed E-state index contributed by atoms with van der Waals surface area (Å²) in [4.78, 5) is 46.7. The average molecular weight is 429 g/mol. The minimum absolute atomic E-state index is 0.00983. The standard InChI is InChI=1S/C25H32O6/c1-4-29-31-22(28)18-14-25(30-21(18)27)12-9-20-17-6-5-15-13-16(26)7-10-23(15,2)19(17)8-11-24(20,25)3/h5,8,17-18,20H,4,6-7,9-14H2,1-3H3/t17?,18?,20?,23?,24?,25-/m1/s1. The second-order valence-corrected chi connectivity index (χ2v) is 10.5. The Kier molecular flexibility index (Phi) is 4.74. The summed E-state index contributed by atoms with van der Waals surface area (Å²) >= 11 is 0. The first-order valence-corrected chi connectivity index (χ1v) is 11.7. The normalized spacial score (nSPS) is 43.5. The minimum atomic E-state index is -0.910. The van der Waals surface area contributed by atoms with Gasteiger partial charge in [-0.3, -0.25) is 14.5 Å². The monoisotopic (exact) mass is 428 g/mol. The van der Waals surface area contributed by atoms with Crippen molar-refractivity contribution in [2.45, 2.75) is 77.7 Å². The molecule has 4 aliphatic carbocycles. The molecule has 5 rings (SSSR count). The van der Waals surface area contributed by atoms with Crippen LogP contribution in [0.4, 0.5) is 0 Å². The molecule has 0 N–H and O–H groups in total. The molecule has 0 amide bonds. The van der Waals surface area contributed by atoms with Crippen LogP contribution >= 0.6 is 0 Å². The molecule has 168 valence electrons. The van der Waals surface area contributed by atoms with Gasteiger partial charge >= 0.3 is 11.9 Å². The first-order valence-electron chi connectivity index (χ1n) is 11.7. The molecule has 1 aliphatic heterocycles. The van der Waals surface area contributed by atoms with Gasteiger partial charge in [-0.1, -0.05) is 37.1 Å². The second-order valence-electron chi connectivity index (χ2n) is 10.5. The van der Waals surface area contributed by atoms with E-state index < -0.39 is 23.5 Å². The molecule has 0 radical (unpaired) electrons. The maximum atomic E-state index is 12.7. The molecule has 0 bridgehead atoms. The number of Topliss-reactive ketones (excluding diaryl/α,β-unsaturated/α-hetero) is 1. The number of hydrogen-bond donors (Lipinski definition) is 0. The van der Waals surface area contributed by atoms with Crippen molar-refractivity contribution in [3.8, 4) is 0 Å². The predicted molar refractivity (Wildman–Crippen MR) is 111 cm³/mol. The molecule has 5 aliphatic rings. The van der Waals surface area contributed by atoms with E-state index in [2.05, 4.69) is 26.0 Å². The van der Waals surface area contributed by atoms with Crippen LogP contribution in [0.25, 0.3) is 0 Å². The summed E-state index contributed by atoms with van der Waals surface area (Å²) < 4.78 is 6.04. The fourth-order valence-corrected chi connectivity index (χ4v) is 7.45. The molecule has 6 atom stereocenters. The van der Waals surface area contributed by atoms with E-state index in [0.717, 1.165) is 32.1 Å². The van der Waals surface area contributed by atoms with E-state index in [-0.39, 0.29) is 17.4 Å². The quantitative estimate of drug-likeness (QED) is 0.220. The van der Waals surface area contributed by atoms with Gasteiger partial charge in [0, 0.05) is 30.1 Å². The van der Waals surface area contributed by atoms with Crippen LogP contribution in [0.5, 0.6) is 0 Å². The van der Waals surface area contributed by atoms with Crippen LogP contribution in [0, 0.1) is 28.6 Å². The van der Waals surface area contributed by atoms with Gasteiger partial charge in [0.1, 0.15) is 11.4 Å². The van der Waals surface area contributed by atoms with E-state index in [1.54, 1.807) is 6.92 Å². The predicted octanol–water partition coefficient (Wildman–Crippen LogP) is 4.24. The Balaban J connectivity index is 1.43. The van der Waals surface area contributed by atoms with Gasteiger partial charge in [-0.2, -0.15) is 4.89 Å². The largest absolute Gasteiger partial charge is 0.458 e. The maximum absolute atomic E-state index is 12.7. The van der Waals surface area contributed by atoms with Gasteiger partial charge in [0.25, 0.3) is 0 Å².